The predicted molar refractivity (Wildman–Crippen MR) is 90.3 cm³/mol. The van der Waals surface area contributed by atoms with Gasteiger partial charge in [-0.2, -0.15) is 0 Å². The zero-order valence-corrected chi connectivity index (χ0v) is 13.6. The highest BCUT2D eigenvalue weighted by atomic mass is 32.2. The minimum atomic E-state index is 0.221. The Morgan fingerprint density at radius 1 is 1.00 bits per heavy atom. The highest BCUT2D eigenvalue weighted by Gasteiger charge is 2.12. The summed E-state index contributed by atoms with van der Waals surface area (Å²) in [5.74, 6) is 0.995. The van der Waals surface area contributed by atoms with Crippen LogP contribution >= 0.6 is 11.8 Å². The number of anilines is 1. The Balaban J connectivity index is 2.04. The van der Waals surface area contributed by atoms with Gasteiger partial charge in [-0.3, -0.25) is 0 Å². The fraction of sp³-hybridized carbons (Fsp3) is 0.333. The molecule has 0 radical (unpaired) electrons. The summed E-state index contributed by atoms with van der Waals surface area (Å²) < 4.78 is 0. The average Bonchev–Trinajstić information content (AvgIpc) is 2.37. The van der Waals surface area contributed by atoms with Gasteiger partial charge >= 0.3 is 0 Å². The molecule has 0 aliphatic rings. The number of aryl methyl sites for hydroxylation is 1. The van der Waals surface area contributed by atoms with Crippen LogP contribution in [0.1, 0.15) is 37.5 Å². The van der Waals surface area contributed by atoms with Crippen molar-refractivity contribution in [3.05, 3.63) is 59.2 Å². The molecule has 0 heterocycles. The first-order chi connectivity index (χ1) is 9.36. The standard InChI is InChI=1S/C18H23NS/c1-13-11-16(19)9-10-17(13)20-12-14-5-7-15(8-6-14)18(2,3)4/h5-11H,12,19H2,1-4H3. The summed E-state index contributed by atoms with van der Waals surface area (Å²) in [5.41, 5.74) is 10.8. The Bertz CT molecular complexity index is 579. The molecule has 2 N–H and O–H groups in total. The molecular weight excluding hydrogens is 262 g/mol. The maximum absolute atomic E-state index is 5.78. The molecule has 0 spiro atoms. The lowest BCUT2D eigenvalue weighted by Gasteiger charge is -2.19. The van der Waals surface area contributed by atoms with Crippen molar-refractivity contribution in [1.29, 1.82) is 0 Å². The number of hydrogen-bond donors (Lipinski definition) is 1. The van der Waals surface area contributed by atoms with Gasteiger partial charge in [0.15, 0.2) is 0 Å². The number of thioether (sulfide) groups is 1. The van der Waals surface area contributed by atoms with E-state index < -0.39 is 0 Å². The number of rotatable bonds is 3. The van der Waals surface area contributed by atoms with Gasteiger partial charge in [-0.15, -0.1) is 11.8 Å². The molecular formula is C18H23NS. The van der Waals surface area contributed by atoms with Crippen LogP contribution < -0.4 is 5.73 Å². The van der Waals surface area contributed by atoms with Crippen molar-refractivity contribution in [2.24, 2.45) is 0 Å². The second kappa shape index (κ2) is 5.92. The zero-order valence-electron chi connectivity index (χ0n) is 12.7. The first-order valence-electron chi connectivity index (χ1n) is 6.94. The van der Waals surface area contributed by atoms with Crippen LogP contribution in [-0.2, 0) is 11.2 Å². The third kappa shape index (κ3) is 3.80. The molecule has 2 aromatic rings. The summed E-state index contributed by atoms with van der Waals surface area (Å²) in [5, 5.41) is 0. The molecule has 0 aliphatic carbocycles. The fourth-order valence-corrected chi connectivity index (χ4v) is 3.06. The smallest absolute Gasteiger partial charge is 0.0317 e. The molecule has 0 aliphatic heterocycles. The Morgan fingerprint density at radius 2 is 1.65 bits per heavy atom. The molecule has 0 unspecified atom stereocenters. The molecule has 0 amide bonds. The van der Waals surface area contributed by atoms with Crippen molar-refractivity contribution in [2.45, 2.75) is 43.8 Å². The molecule has 0 saturated heterocycles. The van der Waals surface area contributed by atoms with Crippen molar-refractivity contribution >= 4 is 17.4 Å². The Morgan fingerprint density at radius 3 is 2.20 bits per heavy atom. The summed E-state index contributed by atoms with van der Waals surface area (Å²) >= 11 is 1.87. The quantitative estimate of drug-likeness (QED) is 0.622. The van der Waals surface area contributed by atoms with Gasteiger partial charge in [0.05, 0.1) is 0 Å². The summed E-state index contributed by atoms with van der Waals surface area (Å²) in [6, 6.07) is 15.1. The van der Waals surface area contributed by atoms with Crippen LogP contribution in [0.15, 0.2) is 47.4 Å². The second-order valence-electron chi connectivity index (χ2n) is 6.26. The molecule has 0 bridgehead atoms. The lowest BCUT2D eigenvalue weighted by atomic mass is 9.87. The van der Waals surface area contributed by atoms with E-state index in [1.165, 1.54) is 21.6 Å². The largest absolute Gasteiger partial charge is 0.399 e. The lowest BCUT2D eigenvalue weighted by molar-refractivity contribution is 0.590. The second-order valence-corrected chi connectivity index (χ2v) is 7.28. The maximum atomic E-state index is 5.78. The van der Waals surface area contributed by atoms with E-state index in [0.29, 0.717) is 0 Å². The number of nitrogens with two attached hydrogens (primary N) is 1. The van der Waals surface area contributed by atoms with Crippen LogP contribution in [-0.4, -0.2) is 0 Å². The third-order valence-electron chi connectivity index (χ3n) is 3.41. The van der Waals surface area contributed by atoms with Crippen molar-refractivity contribution < 1.29 is 0 Å². The van der Waals surface area contributed by atoms with Gasteiger partial charge in [-0.25, -0.2) is 0 Å². The van der Waals surface area contributed by atoms with Gasteiger partial charge in [-0.05, 0) is 47.2 Å². The van der Waals surface area contributed by atoms with Gasteiger partial charge in [0.2, 0.25) is 0 Å². The minimum Gasteiger partial charge on any atom is -0.399 e. The Hall–Kier alpha value is -1.41. The van der Waals surface area contributed by atoms with Crippen molar-refractivity contribution in [1.82, 2.24) is 0 Å². The fourth-order valence-electron chi connectivity index (χ4n) is 2.10. The number of hydrogen-bond acceptors (Lipinski definition) is 2. The van der Waals surface area contributed by atoms with E-state index in [2.05, 4.69) is 58.0 Å². The van der Waals surface area contributed by atoms with Crippen LogP contribution in [0.4, 0.5) is 5.69 Å². The predicted octanol–water partition coefficient (Wildman–Crippen LogP) is 5.17. The SMILES string of the molecule is Cc1cc(N)ccc1SCc1ccc(C(C)(C)C)cc1. The Kier molecular flexibility index (Phi) is 4.44. The third-order valence-corrected chi connectivity index (χ3v) is 4.66. The van der Waals surface area contributed by atoms with Gasteiger partial charge in [0.1, 0.15) is 0 Å². The normalized spacial score (nSPS) is 11.6. The molecule has 2 rings (SSSR count). The monoisotopic (exact) mass is 285 g/mol. The van der Waals surface area contributed by atoms with Crippen molar-refractivity contribution in [3.8, 4) is 0 Å². The molecule has 2 heteroatoms. The van der Waals surface area contributed by atoms with E-state index in [0.717, 1.165) is 11.4 Å². The molecule has 0 saturated carbocycles. The first-order valence-corrected chi connectivity index (χ1v) is 7.93. The van der Waals surface area contributed by atoms with E-state index in [9.17, 15) is 0 Å². The lowest BCUT2D eigenvalue weighted by Crippen LogP contribution is -2.10. The highest BCUT2D eigenvalue weighted by molar-refractivity contribution is 7.98. The van der Waals surface area contributed by atoms with Crippen molar-refractivity contribution in [2.75, 3.05) is 5.73 Å². The van der Waals surface area contributed by atoms with E-state index in [-0.39, 0.29) is 5.41 Å². The molecule has 106 valence electrons. The van der Waals surface area contributed by atoms with E-state index in [4.69, 9.17) is 5.73 Å². The first kappa shape index (κ1) is 15.0. The minimum absolute atomic E-state index is 0.221. The van der Waals surface area contributed by atoms with E-state index in [1.54, 1.807) is 0 Å². The van der Waals surface area contributed by atoms with Crippen LogP contribution in [0, 0.1) is 6.92 Å². The number of benzene rings is 2. The van der Waals surface area contributed by atoms with Gasteiger partial charge in [0, 0.05) is 16.3 Å². The van der Waals surface area contributed by atoms with E-state index in [1.807, 2.05) is 23.9 Å². The van der Waals surface area contributed by atoms with Crippen LogP contribution in [0.2, 0.25) is 0 Å². The summed E-state index contributed by atoms with van der Waals surface area (Å²) in [6.07, 6.45) is 0. The van der Waals surface area contributed by atoms with Gasteiger partial charge in [-0.1, -0.05) is 45.0 Å². The van der Waals surface area contributed by atoms with Gasteiger partial charge in [0.25, 0.3) is 0 Å². The average molecular weight is 285 g/mol. The molecule has 0 aromatic heterocycles. The van der Waals surface area contributed by atoms with Crippen LogP contribution in [0.3, 0.4) is 0 Å². The van der Waals surface area contributed by atoms with Gasteiger partial charge < -0.3 is 5.73 Å². The molecule has 0 fully saturated rings. The maximum Gasteiger partial charge on any atom is 0.0317 e. The molecule has 1 nitrogen and oxygen atoms in total. The molecule has 0 atom stereocenters. The van der Waals surface area contributed by atoms with Crippen LogP contribution in [0.25, 0.3) is 0 Å². The molecule has 20 heavy (non-hydrogen) atoms. The zero-order chi connectivity index (χ0) is 14.8. The highest BCUT2D eigenvalue weighted by Crippen LogP contribution is 2.28. The topological polar surface area (TPSA) is 26.0 Å². The summed E-state index contributed by atoms with van der Waals surface area (Å²) in [6.45, 7) is 8.85. The molecule has 2 aromatic carbocycles. The van der Waals surface area contributed by atoms with Crippen molar-refractivity contribution in [3.63, 3.8) is 0 Å². The summed E-state index contributed by atoms with van der Waals surface area (Å²) in [7, 11) is 0. The Labute approximate surface area is 126 Å². The van der Waals surface area contributed by atoms with E-state index >= 15 is 0 Å². The van der Waals surface area contributed by atoms with Crippen LogP contribution in [0.5, 0.6) is 0 Å². The number of nitrogen functional groups attached to an aromatic ring is 1. The summed E-state index contributed by atoms with van der Waals surface area (Å²) in [4.78, 5) is 1.30.